The van der Waals surface area contributed by atoms with Crippen molar-refractivity contribution >= 4 is 29.2 Å². The van der Waals surface area contributed by atoms with Gasteiger partial charge >= 0.3 is 6.03 Å². The van der Waals surface area contributed by atoms with Crippen LogP contribution in [-0.4, -0.2) is 41.8 Å². The van der Waals surface area contributed by atoms with Crippen molar-refractivity contribution in [3.63, 3.8) is 0 Å². The number of aliphatic imine (C=N–C) groups is 1. The van der Waals surface area contributed by atoms with Crippen molar-refractivity contribution in [3.05, 3.63) is 29.8 Å². The predicted molar refractivity (Wildman–Crippen MR) is 90.0 cm³/mol. The molecule has 1 unspecified atom stereocenters. The van der Waals surface area contributed by atoms with E-state index in [-0.39, 0.29) is 6.61 Å². The molecule has 1 heterocycles. The number of benzene rings is 1. The van der Waals surface area contributed by atoms with Gasteiger partial charge in [0.15, 0.2) is 5.92 Å². The minimum atomic E-state index is -1.12. The number of anilines is 1. The van der Waals surface area contributed by atoms with Crippen LogP contribution in [-0.2, 0) is 9.59 Å². The van der Waals surface area contributed by atoms with Crippen LogP contribution < -0.4 is 10.2 Å². The fraction of sp³-hybridized carbons (Fsp3) is 0.412. The topological polar surface area (TPSA) is 99.1 Å². The van der Waals surface area contributed by atoms with E-state index in [9.17, 15) is 14.4 Å². The minimum Gasteiger partial charge on any atom is -0.396 e. The SMILES string of the molecule is CCC(=NCCCO)C1C(=O)NC(=O)N(c2ccccc2C)C1=O. The number of aliphatic hydroxyl groups is 1. The van der Waals surface area contributed by atoms with Crippen LogP contribution in [0.2, 0.25) is 0 Å². The number of aliphatic hydroxyl groups excluding tert-OH is 1. The molecule has 1 aromatic rings. The van der Waals surface area contributed by atoms with E-state index in [1.54, 1.807) is 32.0 Å². The maximum atomic E-state index is 12.8. The van der Waals surface area contributed by atoms with Gasteiger partial charge in [0, 0.05) is 18.9 Å². The molecule has 1 fully saturated rings. The highest BCUT2D eigenvalue weighted by Crippen LogP contribution is 2.25. The van der Waals surface area contributed by atoms with Crippen LogP contribution >= 0.6 is 0 Å². The summed E-state index contributed by atoms with van der Waals surface area (Å²) in [6.07, 6.45) is 0.859. The van der Waals surface area contributed by atoms with Gasteiger partial charge in [-0.3, -0.25) is 19.9 Å². The molecule has 1 aliphatic heterocycles. The Morgan fingerprint density at radius 1 is 1.29 bits per heavy atom. The Hall–Kier alpha value is -2.54. The number of carbonyl (C=O) groups excluding carboxylic acids is 3. The number of nitrogens with zero attached hydrogens (tertiary/aromatic N) is 2. The average Bonchev–Trinajstić information content (AvgIpc) is 2.54. The largest absolute Gasteiger partial charge is 0.396 e. The summed E-state index contributed by atoms with van der Waals surface area (Å²) >= 11 is 0. The van der Waals surface area contributed by atoms with E-state index in [0.29, 0.717) is 30.8 Å². The van der Waals surface area contributed by atoms with Crippen molar-refractivity contribution in [2.24, 2.45) is 10.9 Å². The van der Waals surface area contributed by atoms with E-state index in [0.717, 1.165) is 10.5 Å². The highest BCUT2D eigenvalue weighted by atomic mass is 16.3. The first-order valence-corrected chi connectivity index (χ1v) is 7.89. The van der Waals surface area contributed by atoms with Crippen LogP contribution in [0.3, 0.4) is 0 Å². The van der Waals surface area contributed by atoms with Crippen molar-refractivity contribution in [1.82, 2.24) is 5.32 Å². The van der Waals surface area contributed by atoms with Gasteiger partial charge in [0.2, 0.25) is 5.91 Å². The number of para-hydroxylation sites is 1. The third-order valence-electron chi connectivity index (χ3n) is 3.85. The van der Waals surface area contributed by atoms with Crippen LogP contribution in [0.1, 0.15) is 25.3 Å². The summed E-state index contributed by atoms with van der Waals surface area (Å²) in [6, 6.07) is 6.23. The molecule has 0 radical (unpaired) electrons. The molecule has 0 aromatic heterocycles. The minimum absolute atomic E-state index is 0.0148. The van der Waals surface area contributed by atoms with Crippen molar-refractivity contribution in [3.8, 4) is 0 Å². The predicted octanol–water partition coefficient (Wildman–Crippen LogP) is 1.43. The molecule has 0 bridgehead atoms. The van der Waals surface area contributed by atoms with Gasteiger partial charge < -0.3 is 5.11 Å². The lowest BCUT2D eigenvalue weighted by atomic mass is 9.95. The third-order valence-corrected chi connectivity index (χ3v) is 3.85. The molecule has 4 amide bonds. The Bertz CT molecular complexity index is 684. The van der Waals surface area contributed by atoms with Crippen LogP contribution in [0, 0.1) is 12.8 Å². The van der Waals surface area contributed by atoms with Crippen LogP contribution in [0.4, 0.5) is 10.5 Å². The highest BCUT2D eigenvalue weighted by molar-refractivity contribution is 6.35. The molecule has 7 heteroatoms. The molecule has 1 aromatic carbocycles. The fourth-order valence-electron chi connectivity index (χ4n) is 2.61. The van der Waals surface area contributed by atoms with E-state index in [4.69, 9.17) is 5.11 Å². The second-order valence-corrected chi connectivity index (χ2v) is 5.49. The van der Waals surface area contributed by atoms with E-state index in [1.807, 2.05) is 6.07 Å². The van der Waals surface area contributed by atoms with Gasteiger partial charge in [0.05, 0.1) is 5.69 Å². The monoisotopic (exact) mass is 331 g/mol. The van der Waals surface area contributed by atoms with E-state index in [1.165, 1.54) is 0 Å². The first kappa shape index (κ1) is 17.8. The smallest absolute Gasteiger partial charge is 0.335 e. The molecule has 2 N–H and O–H groups in total. The van der Waals surface area contributed by atoms with Crippen molar-refractivity contribution in [2.75, 3.05) is 18.1 Å². The second kappa shape index (κ2) is 7.83. The Labute approximate surface area is 140 Å². The summed E-state index contributed by atoms with van der Waals surface area (Å²) in [5.74, 6) is -2.37. The number of hydrogen-bond acceptors (Lipinski definition) is 5. The number of barbiturate groups is 1. The lowest BCUT2D eigenvalue weighted by Gasteiger charge is -2.31. The molecule has 1 aliphatic rings. The normalized spacial score (nSPS) is 18.8. The van der Waals surface area contributed by atoms with Crippen LogP contribution in [0.15, 0.2) is 29.3 Å². The Morgan fingerprint density at radius 3 is 2.62 bits per heavy atom. The standard InChI is InChI=1S/C17H21N3O4/c1-3-12(18-9-6-10-21)14-15(22)19-17(24)20(16(14)23)13-8-5-4-7-11(13)2/h4-5,7-8,14,21H,3,6,9-10H2,1-2H3,(H,19,22,24). The maximum Gasteiger partial charge on any atom is 0.335 e. The Morgan fingerprint density at radius 2 is 2.00 bits per heavy atom. The summed E-state index contributed by atoms with van der Waals surface area (Å²) in [4.78, 5) is 42.5. The van der Waals surface area contributed by atoms with Crippen molar-refractivity contribution < 1.29 is 19.5 Å². The van der Waals surface area contributed by atoms with Crippen LogP contribution in [0.5, 0.6) is 0 Å². The zero-order chi connectivity index (χ0) is 17.7. The number of carbonyl (C=O) groups is 3. The number of aryl methyl sites for hydroxylation is 1. The highest BCUT2D eigenvalue weighted by Gasteiger charge is 2.43. The quantitative estimate of drug-likeness (QED) is 0.468. The van der Waals surface area contributed by atoms with Gasteiger partial charge in [-0.2, -0.15) is 0 Å². The summed E-state index contributed by atoms with van der Waals surface area (Å²) in [5, 5.41) is 11.1. The molecule has 1 atom stereocenters. The van der Waals surface area contributed by atoms with E-state index < -0.39 is 23.8 Å². The summed E-state index contributed by atoms with van der Waals surface area (Å²) in [7, 11) is 0. The molecular weight excluding hydrogens is 310 g/mol. The lowest BCUT2D eigenvalue weighted by Crippen LogP contribution is -2.60. The van der Waals surface area contributed by atoms with Gasteiger partial charge in [0.1, 0.15) is 0 Å². The molecule has 128 valence electrons. The van der Waals surface area contributed by atoms with Gasteiger partial charge in [0.25, 0.3) is 5.91 Å². The molecule has 1 saturated heterocycles. The molecule has 0 saturated carbocycles. The van der Waals surface area contributed by atoms with Crippen LogP contribution in [0.25, 0.3) is 0 Å². The zero-order valence-electron chi connectivity index (χ0n) is 13.8. The third kappa shape index (κ3) is 3.51. The fourth-order valence-corrected chi connectivity index (χ4v) is 2.61. The molecular formula is C17H21N3O4. The van der Waals surface area contributed by atoms with Crippen molar-refractivity contribution in [2.45, 2.75) is 26.7 Å². The Kier molecular flexibility index (Phi) is 5.81. The number of amides is 4. The van der Waals surface area contributed by atoms with Crippen molar-refractivity contribution in [1.29, 1.82) is 0 Å². The van der Waals surface area contributed by atoms with Gasteiger partial charge in [-0.25, -0.2) is 9.69 Å². The molecule has 24 heavy (non-hydrogen) atoms. The number of urea groups is 1. The first-order valence-electron chi connectivity index (χ1n) is 7.89. The lowest BCUT2D eigenvalue weighted by molar-refractivity contribution is -0.131. The zero-order valence-corrected chi connectivity index (χ0v) is 13.8. The molecule has 2 rings (SSSR count). The second-order valence-electron chi connectivity index (χ2n) is 5.49. The first-order chi connectivity index (χ1) is 11.5. The summed E-state index contributed by atoms with van der Waals surface area (Å²) in [6.45, 7) is 3.90. The van der Waals surface area contributed by atoms with E-state index >= 15 is 0 Å². The maximum absolute atomic E-state index is 12.8. The number of nitrogens with one attached hydrogen (secondary N) is 1. The number of rotatable bonds is 6. The van der Waals surface area contributed by atoms with Gasteiger partial charge in [-0.1, -0.05) is 25.1 Å². The molecule has 7 nitrogen and oxygen atoms in total. The Balaban J connectivity index is 2.38. The molecule has 0 aliphatic carbocycles. The number of hydrogen-bond donors (Lipinski definition) is 2. The summed E-state index contributed by atoms with van der Waals surface area (Å²) < 4.78 is 0. The molecule has 0 spiro atoms. The van der Waals surface area contributed by atoms with Gasteiger partial charge in [-0.05, 0) is 31.4 Å². The average molecular weight is 331 g/mol. The summed E-state index contributed by atoms with van der Waals surface area (Å²) in [5.41, 5.74) is 1.62. The van der Waals surface area contributed by atoms with E-state index in [2.05, 4.69) is 10.3 Å². The van der Waals surface area contributed by atoms with Gasteiger partial charge in [-0.15, -0.1) is 0 Å². The number of imide groups is 2.